The van der Waals surface area contributed by atoms with Gasteiger partial charge in [-0.3, -0.25) is 0 Å². The third kappa shape index (κ3) is 6.24. The molecule has 0 atom stereocenters. The Morgan fingerprint density at radius 3 is 2.65 bits per heavy atom. The van der Waals surface area contributed by atoms with Crippen molar-refractivity contribution in [1.82, 2.24) is 9.55 Å². The quantitative estimate of drug-likeness (QED) is 0.192. The fourth-order valence-electron chi connectivity index (χ4n) is 4.04. The zero-order valence-electron chi connectivity index (χ0n) is 21.2. The highest BCUT2D eigenvalue weighted by atomic mass is 16.6. The first kappa shape index (κ1) is 25.7. The van der Waals surface area contributed by atoms with Crippen LogP contribution in [0.4, 0.5) is 4.79 Å². The van der Waals surface area contributed by atoms with Crippen LogP contribution in [-0.4, -0.2) is 45.1 Å². The van der Waals surface area contributed by atoms with E-state index in [-0.39, 0.29) is 13.2 Å². The summed E-state index contributed by atoms with van der Waals surface area (Å²) in [6, 6.07) is 17.3. The second-order valence-electron chi connectivity index (χ2n) is 9.50. The average Bonchev–Trinajstić information content (AvgIpc) is 3.11. The summed E-state index contributed by atoms with van der Waals surface area (Å²) in [4.78, 5) is 33.4. The molecule has 4 aromatic rings. The summed E-state index contributed by atoms with van der Waals surface area (Å²) >= 11 is 0. The highest BCUT2D eigenvalue weighted by Crippen LogP contribution is 2.31. The van der Waals surface area contributed by atoms with Crippen LogP contribution in [0, 0.1) is 6.92 Å². The van der Waals surface area contributed by atoms with E-state index in [0.717, 1.165) is 27.5 Å². The van der Waals surface area contributed by atoms with Crippen molar-refractivity contribution in [3.8, 4) is 5.75 Å². The first-order chi connectivity index (χ1) is 17.6. The van der Waals surface area contributed by atoms with Gasteiger partial charge in [-0.25, -0.2) is 19.1 Å². The minimum absolute atomic E-state index is 0.129. The highest BCUT2D eigenvalue weighted by molar-refractivity contribution is 6.21. The molecule has 0 aliphatic carbocycles. The average molecular weight is 504 g/mol. The fourth-order valence-corrected chi connectivity index (χ4v) is 4.04. The lowest BCUT2D eigenvalue weighted by atomic mass is 10.1. The van der Waals surface area contributed by atoms with Gasteiger partial charge in [-0.1, -0.05) is 29.4 Å². The molecule has 0 spiro atoms. The molecule has 0 unspecified atom stereocenters. The number of carboxylic acids is 1. The molecule has 2 heterocycles. The van der Waals surface area contributed by atoms with Crippen molar-refractivity contribution in [2.24, 2.45) is 5.16 Å². The monoisotopic (exact) mass is 503 g/mol. The molecule has 9 heteroatoms. The zero-order valence-corrected chi connectivity index (χ0v) is 21.2. The zero-order chi connectivity index (χ0) is 26.6. The molecular weight excluding hydrogens is 474 g/mol. The maximum absolute atomic E-state index is 13.0. The summed E-state index contributed by atoms with van der Waals surface area (Å²) in [6.07, 6.45) is 0.592. The Hall–Kier alpha value is -4.40. The summed E-state index contributed by atoms with van der Waals surface area (Å²) in [5, 5.41) is 14.0. The number of hydrogen-bond acceptors (Lipinski definition) is 7. The number of fused-ring (bicyclic) bond motifs is 2. The molecule has 2 aromatic carbocycles. The number of carboxylic acid groups (broad SMARTS) is 1. The van der Waals surface area contributed by atoms with Crippen molar-refractivity contribution in [3.05, 3.63) is 71.5 Å². The van der Waals surface area contributed by atoms with Crippen LogP contribution in [0.5, 0.6) is 5.75 Å². The van der Waals surface area contributed by atoms with Gasteiger partial charge in [0.25, 0.3) is 0 Å². The van der Waals surface area contributed by atoms with Crippen molar-refractivity contribution < 1.29 is 29.0 Å². The van der Waals surface area contributed by atoms with Gasteiger partial charge in [0.2, 0.25) is 0 Å². The smallest absolute Gasteiger partial charge is 0.419 e. The number of rotatable bonds is 8. The van der Waals surface area contributed by atoms with E-state index in [4.69, 9.17) is 19.4 Å². The van der Waals surface area contributed by atoms with Crippen LogP contribution in [0.3, 0.4) is 0 Å². The predicted octanol–water partition coefficient (Wildman–Crippen LogP) is 5.49. The second kappa shape index (κ2) is 10.7. The van der Waals surface area contributed by atoms with Crippen LogP contribution in [-0.2, 0) is 27.4 Å². The molecule has 0 bridgehead atoms. The number of para-hydroxylation sites is 1. The molecule has 0 radical (unpaired) electrons. The van der Waals surface area contributed by atoms with E-state index >= 15 is 0 Å². The number of oxime groups is 1. The molecule has 0 fully saturated rings. The molecule has 4 rings (SSSR count). The van der Waals surface area contributed by atoms with Crippen LogP contribution < -0.4 is 4.74 Å². The van der Waals surface area contributed by atoms with Gasteiger partial charge in [-0.05, 0) is 63.6 Å². The normalized spacial score (nSPS) is 11.8. The van der Waals surface area contributed by atoms with Crippen LogP contribution in [0.25, 0.3) is 21.8 Å². The molecule has 0 aliphatic heterocycles. The number of nitrogens with zero attached hydrogens (tertiary/aromatic N) is 3. The minimum atomic E-state index is -1.19. The van der Waals surface area contributed by atoms with Crippen LogP contribution in [0.2, 0.25) is 0 Å². The maximum Gasteiger partial charge on any atom is 0.419 e. The number of aromatic nitrogens is 2. The number of aliphatic carboxylic acids is 1. The van der Waals surface area contributed by atoms with E-state index in [1.54, 1.807) is 6.07 Å². The Labute approximate surface area is 214 Å². The Morgan fingerprint density at radius 2 is 1.89 bits per heavy atom. The van der Waals surface area contributed by atoms with Crippen molar-refractivity contribution in [2.45, 2.75) is 46.3 Å². The van der Waals surface area contributed by atoms with Gasteiger partial charge >= 0.3 is 12.1 Å². The molecule has 0 saturated heterocycles. The van der Waals surface area contributed by atoms with Crippen molar-refractivity contribution in [1.29, 1.82) is 0 Å². The Balaban J connectivity index is 1.62. The molecule has 1 N–H and O–H groups in total. The number of benzene rings is 2. The van der Waals surface area contributed by atoms with E-state index in [0.29, 0.717) is 29.6 Å². The summed E-state index contributed by atoms with van der Waals surface area (Å²) in [7, 11) is 0. The number of carbonyl (C=O) groups is 2. The molecule has 2 aromatic heterocycles. The molecule has 0 aliphatic rings. The first-order valence-electron chi connectivity index (χ1n) is 11.9. The van der Waals surface area contributed by atoms with Gasteiger partial charge in [0.15, 0.2) is 6.21 Å². The van der Waals surface area contributed by atoms with E-state index in [2.05, 4.69) is 10.1 Å². The fraction of sp³-hybridized carbons (Fsp3) is 0.286. The van der Waals surface area contributed by atoms with Crippen LogP contribution >= 0.6 is 0 Å². The summed E-state index contributed by atoms with van der Waals surface area (Å²) in [5.74, 6) is -0.574. The highest BCUT2D eigenvalue weighted by Gasteiger charge is 2.24. The van der Waals surface area contributed by atoms with E-state index in [9.17, 15) is 9.59 Å². The Morgan fingerprint density at radius 1 is 1.11 bits per heavy atom. The molecule has 0 saturated carbocycles. The van der Waals surface area contributed by atoms with E-state index in [1.807, 2.05) is 76.2 Å². The van der Waals surface area contributed by atoms with E-state index in [1.165, 1.54) is 4.57 Å². The first-order valence-corrected chi connectivity index (χ1v) is 11.9. The predicted molar refractivity (Wildman–Crippen MR) is 140 cm³/mol. The van der Waals surface area contributed by atoms with Gasteiger partial charge in [-0.15, -0.1) is 0 Å². The third-order valence-corrected chi connectivity index (χ3v) is 5.61. The van der Waals surface area contributed by atoms with Crippen molar-refractivity contribution in [3.63, 3.8) is 0 Å². The number of pyridine rings is 1. The van der Waals surface area contributed by atoms with E-state index < -0.39 is 17.7 Å². The molecule has 0 amide bonds. The van der Waals surface area contributed by atoms with Gasteiger partial charge in [0.1, 0.15) is 24.6 Å². The van der Waals surface area contributed by atoms with Crippen LogP contribution in [0.1, 0.15) is 37.7 Å². The molecule has 37 heavy (non-hydrogen) atoms. The largest absolute Gasteiger partial charge is 0.487 e. The lowest BCUT2D eigenvalue weighted by Crippen LogP contribution is -2.27. The topological polar surface area (TPSA) is 112 Å². The lowest BCUT2D eigenvalue weighted by molar-refractivity contribution is -0.129. The SMILES string of the molecule is Cc1c(CCON=CC(=O)O)c2cc(OCc3ccc4ccccc4n3)ccc2n1C(=O)OC(C)(C)C. The third-order valence-electron chi connectivity index (χ3n) is 5.61. The van der Waals surface area contributed by atoms with Crippen molar-refractivity contribution in [2.75, 3.05) is 6.61 Å². The number of carbonyl (C=O) groups excluding carboxylic acids is 1. The van der Waals surface area contributed by atoms with Crippen LogP contribution in [0.15, 0.2) is 59.8 Å². The number of ether oxygens (including phenoxy) is 2. The maximum atomic E-state index is 13.0. The lowest BCUT2D eigenvalue weighted by Gasteiger charge is -2.20. The van der Waals surface area contributed by atoms with Gasteiger partial charge in [-0.2, -0.15) is 0 Å². The van der Waals surface area contributed by atoms with Gasteiger partial charge in [0, 0.05) is 22.9 Å². The standard InChI is InChI=1S/C28H29N3O6/c1-18-22(13-14-36-29-16-26(32)33)23-15-21(11-12-25(23)31(18)27(34)37-28(2,3)4)35-17-20-10-9-19-7-5-6-8-24(19)30-20/h5-12,15-16H,13-14,17H2,1-4H3,(H,32,33). The summed E-state index contributed by atoms with van der Waals surface area (Å²) in [6.45, 7) is 7.68. The van der Waals surface area contributed by atoms with Gasteiger partial charge in [0.05, 0.1) is 16.7 Å². The van der Waals surface area contributed by atoms with Crippen molar-refractivity contribution >= 4 is 40.1 Å². The molecular formula is C28H29N3O6. The second-order valence-corrected chi connectivity index (χ2v) is 9.50. The summed E-state index contributed by atoms with van der Waals surface area (Å²) in [5.41, 5.74) is 3.25. The Bertz CT molecular complexity index is 1480. The Kier molecular flexibility index (Phi) is 7.42. The molecule has 192 valence electrons. The number of hydrogen-bond donors (Lipinski definition) is 1. The van der Waals surface area contributed by atoms with Gasteiger partial charge < -0.3 is 19.4 Å². The molecule has 9 nitrogen and oxygen atoms in total. The minimum Gasteiger partial charge on any atom is -0.487 e. The summed E-state index contributed by atoms with van der Waals surface area (Å²) < 4.78 is 13.2.